The maximum Gasteiger partial charge on any atom is 0.262 e. The van der Waals surface area contributed by atoms with Crippen LogP contribution in [0.3, 0.4) is 0 Å². The van der Waals surface area contributed by atoms with Crippen molar-refractivity contribution in [1.82, 2.24) is 4.90 Å². The molecule has 9 heteroatoms. The number of rotatable bonds is 4. The number of thioether (sulfide) groups is 1. The molecule has 0 bridgehead atoms. The second kappa shape index (κ2) is 8.07. The van der Waals surface area contributed by atoms with Crippen LogP contribution in [0.1, 0.15) is 6.42 Å². The molecule has 2 heterocycles. The van der Waals surface area contributed by atoms with E-state index in [2.05, 4.69) is 10.3 Å². The van der Waals surface area contributed by atoms with Crippen molar-refractivity contribution in [2.45, 2.75) is 11.7 Å². The van der Waals surface area contributed by atoms with Crippen LogP contribution in [0.25, 0.3) is 0 Å². The van der Waals surface area contributed by atoms with Gasteiger partial charge >= 0.3 is 0 Å². The molecule has 1 unspecified atom stereocenters. The zero-order valence-corrected chi connectivity index (χ0v) is 15.2. The number of anilines is 1. The van der Waals surface area contributed by atoms with Gasteiger partial charge in [0, 0.05) is 25.2 Å². The van der Waals surface area contributed by atoms with Gasteiger partial charge in [-0.15, -0.1) is 0 Å². The molecule has 2 aliphatic rings. The van der Waals surface area contributed by atoms with Crippen LogP contribution in [0.4, 0.5) is 5.69 Å². The minimum Gasteiger partial charge on any atom is -0.495 e. The summed E-state index contributed by atoms with van der Waals surface area (Å²) in [5, 5.41) is 3.34. The summed E-state index contributed by atoms with van der Waals surface area (Å²) < 4.78 is 10.4. The standard InChI is InChI=1S/C16H18ClN3O4S/c1-23-12-3-2-10(8-11(12)17)18-14(21)9-13-15(22)19-16(25-13)20-4-6-24-7-5-20/h2-3,8,13H,4-7,9H2,1H3,(H,18,21). The molecule has 0 saturated carbocycles. The number of benzene rings is 1. The van der Waals surface area contributed by atoms with Crippen LogP contribution in [-0.4, -0.2) is 60.5 Å². The summed E-state index contributed by atoms with van der Waals surface area (Å²) in [4.78, 5) is 30.4. The van der Waals surface area contributed by atoms with Crippen LogP contribution in [0.15, 0.2) is 23.2 Å². The van der Waals surface area contributed by atoms with Crippen molar-refractivity contribution in [2.75, 3.05) is 38.7 Å². The quantitative estimate of drug-likeness (QED) is 0.856. The van der Waals surface area contributed by atoms with Crippen LogP contribution < -0.4 is 10.1 Å². The molecular formula is C16H18ClN3O4S. The summed E-state index contributed by atoms with van der Waals surface area (Å²) in [6.45, 7) is 2.67. The minimum atomic E-state index is -0.494. The number of nitrogens with one attached hydrogen (secondary N) is 1. The SMILES string of the molecule is COc1ccc(NC(=O)CC2SC(N3CCOCC3)=NC2=O)cc1Cl. The van der Waals surface area contributed by atoms with E-state index >= 15 is 0 Å². The van der Waals surface area contributed by atoms with E-state index in [-0.39, 0.29) is 18.2 Å². The van der Waals surface area contributed by atoms with Crippen molar-refractivity contribution >= 4 is 46.0 Å². The van der Waals surface area contributed by atoms with Crippen LogP contribution in [0.2, 0.25) is 5.02 Å². The summed E-state index contributed by atoms with van der Waals surface area (Å²) in [6.07, 6.45) is 0.0600. The maximum atomic E-state index is 12.2. The van der Waals surface area contributed by atoms with Crippen LogP contribution in [0.5, 0.6) is 5.75 Å². The Morgan fingerprint density at radius 3 is 2.92 bits per heavy atom. The molecule has 1 atom stereocenters. The second-order valence-electron chi connectivity index (χ2n) is 5.54. The Hall–Kier alpha value is -1.77. The minimum absolute atomic E-state index is 0.0600. The van der Waals surface area contributed by atoms with E-state index in [4.69, 9.17) is 21.1 Å². The van der Waals surface area contributed by atoms with E-state index in [1.54, 1.807) is 18.2 Å². The highest BCUT2D eigenvalue weighted by molar-refractivity contribution is 8.15. The van der Waals surface area contributed by atoms with Gasteiger partial charge in [-0.2, -0.15) is 4.99 Å². The van der Waals surface area contributed by atoms with Gasteiger partial charge < -0.3 is 19.7 Å². The number of ether oxygens (including phenoxy) is 2. The average molecular weight is 384 g/mol. The lowest BCUT2D eigenvalue weighted by Crippen LogP contribution is -2.39. The van der Waals surface area contributed by atoms with E-state index in [0.29, 0.717) is 47.9 Å². The molecule has 0 aromatic heterocycles. The van der Waals surface area contributed by atoms with Crippen molar-refractivity contribution < 1.29 is 19.1 Å². The summed E-state index contributed by atoms with van der Waals surface area (Å²) in [7, 11) is 1.52. The van der Waals surface area contributed by atoms with E-state index in [9.17, 15) is 9.59 Å². The van der Waals surface area contributed by atoms with Gasteiger partial charge in [0.1, 0.15) is 11.0 Å². The topological polar surface area (TPSA) is 80.2 Å². The molecule has 1 aromatic rings. The van der Waals surface area contributed by atoms with Crippen molar-refractivity contribution in [2.24, 2.45) is 4.99 Å². The molecule has 0 radical (unpaired) electrons. The number of morpholine rings is 1. The first kappa shape index (κ1) is 18.0. The van der Waals surface area contributed by atoms with E-state index in [1.165, 1.54) is 18.9 Å². The highest BCUT2D eigenvalue weighted by atomic mass is 35.5. The first-order valence-electron chi connectivity index (χ1n) is 7.82. The zero-order chi connectivity index (χ0) is 17.8. The number of hydrogen-bond donors (Lipinski definition) is 1. The Kier molecular flexibility index (Phi) is 5.82. The highest BCUT2D eigenvalue weighted by Gasteiger charge is 2.33. The summed E-state index contributed by atoms with van der Waals surface area (Å²) in [5.74, 6) is 0.00432. The predicted octanol–water partition coefficient (Wildman–Crippen LogP) is 2.01. The van der Waals surface area contributed by atoms with E-state index < -0.39 is 5.25 Å². The third-order valence-corrected chi connectivity index (χ3v) is 5.33. The average Bonchev–Trinajstić information content (AvgIpc) is 2.96. The van der Waals surface area contributed by atoms with Gasteiger partial charge in [0.15, 0.2) is 5.17 Å². The maximum absolute atomic E-state index is 12.2. The molecule has 1 N–H and O–H groups in total. The molecule has 0 aliphatic carbocycles. The van der Waals surface area contributed by atoms with Gasteiger partial charge in [0.2, 0.25) is 5.91 Å². The summed E-state index contributed by atoms with van der Waals surface area (Å²) in [6, 6.07) is 4.98. The van der Waals surface area contributed by atoms with Gasteiger partial charge in [-0.25, -0.2) is 0 Å². The molecule has 1 fully saturated rings. The largest absolute Gasteiger partial charge is 0.495 e. The molecule has 0 spiro atoms. The zero-order valence-electron chi connectivity index (χ0n) is 13.7. The number of carbonyl (C=O) groups excluding carboxylic acids is 2. The smallest absolute Gasteiger partial charge is 0.262 e. The fourth-order valence-corrected chi connectivity index (χ4v) is 3.90. The molecule has 3 rings (SSSR count). The van der Waals surface area contributed by atoms with Gasteiger partial charge in [-0.3, -0.25) is 9.59 Å². The summed E-state index contributed by atoms with van der Waals surface area (Å²) >= 11 is 7.38. The third kappa shape index (κ3) is 4.45. The van der Waals surface area contributed by atoms with Gasteiger partial charge in [0.05, 0.1) is 25.3 Å². The highest BCUT2D eigenvalue weighted by Crippen LogP contribution is 2.29. The number of hydrogen-bond acceptors (Lipinski definition) is 6. The molecule has 134 valence electrons. The molecule has 25 heavy (non-hydrogen) atoms. The van der Waals surface area contributed by atoms with E-state index in [0.717, 1.165) is 0 Å². The Morgan fingerprint density at radius 2 is 2.24 bits per heavy atom. The first-order chi connectivity index (χ1) is 12.1. The lowest BCUT2D eigenvalue weighted by molar-refractivity contribution is -0.121. The number of aliphatic imine (C=N–C) groups is 1. The first-order valence-corrected chi connectivity index (χ1v) is 9.08. The number of nitrogens with zero attached hydrogens (tertiary/aromatic N) is 2. The number of methoxy groups -OCH3 is 1. The molecule has 2 aliphatic heterocycles. The van der Waals surface area contributed by atoms with Gasteiger partial charge in [0.25, 0.3) is 5.91 Å². The van der Waals surface area contributed by atoms with Crippen molar-refractivity contribution in [3.63, 3.8) is 0 Å². The number of amides is 2. The van der Waals surface area contributed by atoms with Crippen molar-refractivity contribution in [3.8, 4) is 5.75 Å². The molecular weight excluding hydrogens is 366 g/mol. The monoisotopic (exact) mass is 383 g/mol. The Morgan fingerprint density at radius 1 is 1.48 bits per heavy atom. The Labute approximate surface area is 154 Å². The predicted molar refractivity (Wildman–Crippen MR) is 97.5 cm³/mol. The Bertz CT molecular complexity index is 707. The second-order valence-corrected chi connectivity index (χ2v) is 7.12. The normalized spacial score (nSPS) is 20.4. The van der Waals surface area contributed by atoms with Crippen LogP contribution >= 0.6 is 23.4 Å². The van der Waals surface area contributed by atoms with Crippen molar-refractivity contribution in [3.05, 3.63) is 23.2 Å². The van der Waals surface area contributed by atoms with Crippen LogP contribution in [0, 0.1) is 0 Å². The lowest BCUT2D eigenvalue weighted by Gasteiger charge is -2.27. The van der Waals surface area contributed by atoms with Gasteiger partial charge in [-0.1, -0.05) is 23.4 Å². The number of carbonyl (C=O) groups is 2. The molecule has 1 saturated heterocycles. The van der Waals surface area contributed by atoms with E-state index in [1.807, 2.05) is 4.90 Å². The number of halogens is 1. The number of amidine groups is 1. The fourth-order valence-electron chi connectivity index (χ4n) is 2.52. The Balaban J connectivity index is 1.55. The van der Waals surface area contributed by atoms with Crippen LogP contribution in [-0.2, 0) is 14.3 Å². The lowest BCUT2D eigenvalue weighted by atomic mass is 10.2. The summed E-state index contributed by atoms with van der Waals surface area (Å²) in [5.41, 5.74) is 0.556. The fraction of sp³-hybridized carbons (Fsp3) is 0.438. The van der Waals surface area contributed by atoms with Gasteiger partial charge in [-0.05, 0) is 18.2 Å². The van der Waals surface area contributed by atoms with Crippen molar-refractivity contribution in [1.29, 1.82) is 0 Å². The molecule has 7 nitrogen and oxygen atoms in total. The molecule has 2 amide bonds. The molecule has 1 aromatic carbocycles. The third-order valence-electron chi connectivity index (χ3n) is 3.82.